The Morgan fingerprint density at radius 2 is 2.50 bits per heavy atom. The number of aryl methyl sites for hydroxylation is 1. The topological polar surface area (TPSA) is 46.4 Å². The molecule has 0 saturated carbocycles. The summed E-state index contributed by atoms with van der Waals surface area (Å²) in [5.41, 5.74) is 1.23. The number of hydrogen-bond acceptors (Lipinski definition) is 3. The lowest BCUT2D eigenvalue weighted by atomic mass is 10.2. The van der Waals surface area contributed by atoms with Gasteiger partial charge in [0.15, 0.2) is 0 Å². The highest BCUT2D eigenvalue weighted by atomic mass is 16.5. The molecule has 1 saturated heterocycles. The van der Waals surface area contributed by atoms with Crippen molar-refractivity contribution in [3.63, 3.8) is 0 Å². The molecule has 0 spiro atoms. The summed E-state index contributed by atoms with van der Waals surface area (Å²) in [6.07, 6.45) is 3.71. The zero-order valence-corrected chi connectivity index (χ0v) is 8.31. The molecule has 1 fully saturated rings. The summed E-state index contributed by atoms with van der Waals surface area (Å²) in [7, 11) is 2.00. The molecule has 0 aliphatic carbocycles. The van der Waals surface area contributed by atoms with Gasteiger partial charge in [0.1, 0.15) is 0 Å². The lowest BCUT2D eigenvalue weighted by molar-refractivity contribution is 0.122. The highest BCUT2D eigenvalue weighted by molar-refractivity contribution is 5.09. The highest BCUT2D eigenvalue weighted by Gasteiger charge is 2.25. The summed E-state index contributed by atoms with van der Waals surface area (Å²) in [5, 5.41) is 12.8. The Morgan fingerprint density at radius 3 is 3.07 bits per heavy atom. The quantitative estimate of drug-likeness (QED) is 0.708. The standard InChI is InChI=1S/C10H16N2O2/c1-12-3-2-8(5-12)4-11-9-6-14-7-10(9)13/h2-3,5,9-11,13H,4,6-7H2,1H3/t9-,10-/m1/s1. The second kappa shape index (κ2) is 4.13. The normalized spacial score (nSPS) is 27.0. The zero-order chi connectivity index (χ0) is 9.97. The summed E-state index contributed by atoms with van der Waals surface area (Å²) in [5.74, 6) is 0. The average Bonchev–Trinajstić information content (AvgIpc) is 2.72. The van der Waals surface area contributed by atoms with Crippen LogP contribution in [-0.4, -0.2) is 35.0 Å². The van der Waals surface area contributed by atoms with Gasteiger partial charge in [-0.1, -0.05) is 0 Å². The highest BCUT2D eigenvalue weighted by Crippen LogP contribution is 2.06. The van der Waals surface area contributed by atoms with E-state index >= 15 is 0 Å². The molecule has 2 rings (SSSR count). The van der Waals surface area contributed by atoms with Crippen LogP contribution in [0.4, 0.5) is 0 Å². The smallest absolute Gasteiger partial charge is 0.0948 e. The van der Waals surface area contributed by atoms with Crippen molar-refractivity contribution in [3.05, 3.63) is 24.0 Å². The minimum atomic E-state index is -0.362. The zero-order valence-electron chi connectivity index (χ0n) is 8.31. The Hall–Kier alpha value is -0.840. The van der Waals surface area contributed by atoms with Gasteiger partial charge in [0, 0.05) is 26.0 Å². The molecule has 2 N–H and O–H groups in total. The van der Waals surface area contributed by atoms with Crippen LogP contribution >= 0.6 is 0 Å². The number of aliphatic hydroxyl groups excluding tert-OH is 1. The van der Waals surface area contributed by atoms with Crippen molar-refractivity contribution in [3.8, 4) is 0 Å². The van der Waals surface area contributed by atoms with Gasteiger partial charge in [0.2, 0.25) is 0 Å². The number of ether oxygens (including phenoxy) is 1. The Kier molecular flexibility index (Phi) is 2.86. The molecule has 4 nitrogen and oxygen atoms in total. The van der Waals surface area contributed by atoms with E-state index in [0.29, 0.717) is 13.2 Å². The van der Waals surface area contributed by atoms with Crippen LogP contribution < -0.4 is 5.32 Å². The van der Waals surface area contributed by atoms with Crippen molar-refractivity contribution < 1.29 is 9.84 Å². The largest absolute Gasteiger partial charge is 0.389 e. The third-order valence-corrected chi connectivity index (χ3v) is 2.51. The van der Waals surface area contributed by atoms with Gasteiger partial charge in [-0.3, -0.25) is 0 Å². The maximum atomic E-state index is 9.48. The van der Waals surface area contributed by atoms with Gasteiger partial charge in [-0.05, 0) is 11.6 Å². The van der Waals surface area contributed by atoms with Crippen molar-refractivity contribution in [2.75, 3.05) is 13.2 Å². The van der Waals surface area contributed by atoms with Crippen LogP contribution in [0, 0.1) is 0 Å². The molecular formula is C10H16N2O2. The van der Waals surface area contributed by atoms with E-state index in [9.17, 15) is 5.11 Å². The first kappa shape index (κ1) is 9.71. The van der Waals surface area contributed by atoms with Gasteiger partial charge >= 0.3 is 0 Å². The fraction of sp³-hybridized carbons (Fsp3) is 0.600. The Balaban J connectivity index is 1.82. The van der Waals surface area contributed by atoms with Crippen LogP contribution in [0.3, 0.4) is 0 Å². The molecule has 2 atom stereocenters. The summed E-state index contributed by atoms with van der Waals surface area (Å²) in [4.78, 5) is 0. The summed E-state index contributed by atoms with van der Waals surface area (Å²) in [6.45, 7) is 1.84. The van der Waals surface area contributed by atoms with E-state index < -0.39 is 0 Å². The molecule has 1 aromatic rings. The molecule has 4 heteroatoms. The van der Waals surface area contributed by atoms with Gasteiger partial charge in [0.25, 0.3) is 0 Å². The number of rotatable bonds is 3. The first-order valence-electron chi connectivity index (χ1n) is 4.86. The van der Waals surface area contributed by atoms with E-state index in [4.69, 9.17) is 4.74 Å². The Labute approximate surface area is 83.5 Å². The van der Waals surface area contributed by atoms with Gasteiger partial charge in [-0.2, -0.15) is 0 Å². The monoisotopic (exact) mass is 196 g/mol. The summed E-state index contributed by atoms with van der Waals surface area (Å²) < 4.78 is 7.16. The molecule has 1 aromatic heterocycles. The van der Waals surface area contributed by atoms with Crippen LogP contribution in [0.5, 0.6) is 0 Å². The second-order valence-electron chi connectivity index (χ2n) is 3.78. The first-order valence-corrected chi connectivity index (χ1v) is 4.86. The van der Waals surface area contributed by atoms with Gasteiger partial charge in [0.05, 0.1) is 25.4 Å². The molecule has 0 amide bonds. The number of nitrogens with zero attached hydrogens (tertiary/aromatic N) is 1. The second-order valence-corrected chi connectivity index (χ2v) is 3.78. The van der Waals surface area contributed by atoms with Crippen molar-refractivity contribution in [1.29, 1.82) is 0 Å². The number of aromatic nitrogens is 1. The predicted octanol–water partition coefficient (Wildman–Crippen LogP) is -0.126. The van der Waals surface area contributed by atoms with Gasteiger partial charge < -0.3 is 19.7 Å². The van der Waals surface area contributed by atoms with Crippen molar-refractivity contribution in [2.45, 2.75) is 18.7 Å². The van der Waals surface area contributed by atoms with Crippen LogP contribution in [0.2, 0.25) is 0 Å². The molecule has 1 aliphatic rings. The summed E-state index contributed by atoms with van der Waals surface area (Å²) >= 11 is 0. The maximum absolute atomic E-state index is 9.48. The Bertz CT molecular complexity index is 298. The maximum Gasteiger partial charge on any atom is 0.0948 e. The van der Waals surface area contributed by atoms with Crippen LogP contribution in [-0.2, 0) is 18.3 Å². The van der Waals surface area contributed by atoms with E-state index in [-0.39, 0.29) is 12.1 Å². The molecule has 0 radical (unpaired) electrons. The lowest BCUT2D eigenvalue weighted by Gasteiger charge is -2.13. The van der Waals surface area contributed by atoms with E-state index in [1.165, 1.54) is 5.56 Å². The van der Waals surface area contributed by atoms with Crippen LogP contribution in [0.25, 0.3) is 0 Å². The first-order chi connectivity index (χ1) is 6.75. The minimum Gasteiger partial charge on any atom is -0.389 e. The van der Waals surface area contributed by atoms with Crippen LogP contribution in [0.15, 0.2) is 18.5 Å². The van der Waals surface area contributed by atoms with Crippen molar-refractivity contribution >= 4 is 0 Å². The third-order valence-electron chi connectivity index (χ3n) is 2.51. The third kappa shape index (κ3) is 2.15. The number of hydrogen-bond donors (Lipinski definition) is 2. The van der Waals surface area contributed by atoms with Crippen molar-refractivity contribution in [1.82, 2.24) is 9.88 Å². The molecule has 78 valence electrons. The van der Waals surface area contributed by atoms with E-state index in [1.54, 1.807) is 0 Å². The van der Waals surface area contributed by atoms with Gasteiger partial charge in [-0.15, -0.1) is 0 Å². The molecule has 2 heterocycles. The van der Waals surface area contributed by atoms with E-state index in [2.05, 4.69) is 17.6 Å². The fourth-order valence-corrected chi connectivity index (χ4v) is 1.65. The lowest BCUT2D eigenvalue weighted by Crippen LogP contribution is -2.38. The molecule has 0 aromatic carbocycles. The van der Waals surface area contributed by atoms with E-state index in [0.717, 1.165) is 6.54 Å². The fourth-order valence-electron chi connectivity index (χ4n) is 1.65. The number of nitrogens with one attached hydrogen (secondary N) is 1. The summed E-state index contributed by atoms with van der Waals surface area (Å²) in [6, 6.07) is 2.14. The van der Waals surface area contributed by atoms with Crippen molar-refractivity contribution in [2.24, 2.45) is 7.05 Å². The molecule has 0 unspecified atom stereocenters. The predicted molar refractivity (Wildman–Crippen MR) is 52.9 cm³/mol. The van der Waals surface area contributed by atoms with E-state index in [1.807, 2.05) is 17.8 Å². The molecule has 14 heavy (non-hydrogen) atoms. The number of aliphatic hydroxyl groups is 1. The minimum absolute atomic E-state index is 0.0789. The Morgan fingerprint density at radius 1 is 1.64 bits per heavy atom. The van der Waals surface area contributed by atoms with Crippen LogP contribution in [0.1, 0.15) is 5.56 Å². The van der Waals surface area contributed by atoms with Gasteiger partial charge in [-0.25, -0.2) is 0 Å². The molecule has 0 bridgehead atoms. The SMILES string of the molecule is Cn1ccc(CN[C@@H]2COC[C@H]2O)c1. The molecular weight excluding hydrogens is 180 g/mol. The average molecular weight is 196 g/mol. The molecule has 1 aliphatic heterocycles.